The van der Waals surface area contributed by atoms with Crippen molar-refractivity contribution in [3.63, 3.8) is 0 Å². The third-order valence-electron chi connectivity index (χ3n) is 6.51. The van der Waals surface area contributed by atoms with Gasteiger partial charge in [-0.15, -0.1) is 0 Å². The predicted molar refractivity (Wildman–Crippen MR) is 137 cm³/mol. The van der Waals surface area contributed by atoms with Crippen molar-refractivity contribution < 1.29 is 8.83 Å². The number of rotatable bonds is 2. The smallest absolute Gasteiger partial charge is 0.143 e. The quantitative estimate of drug-likeness (QED) is 0.273. The molecule has 2 aromatic heterocycles. The van der Waals surface area contributed by atoms with Gasteiger partial charge in [0, 0.05) is 32.7 Å². The van der Waals surface area contributed by atoms with Crippen LogP contribution in [0.25, 0.3) is 66.1 Å². The number of hydrogen-bond donors (Lipinski definition) is 0. The van der Waals surface area contributed by atoms with Crippen molar-refractivity contribution in [2.45, 2.75) is 0 Å². The molecule has 2 heterocycles. The summed E-state index contributed by atoms with van der Waals surface area (Å²) < 4.78 is 12.5. The van der Waals surface area contributed by atoms with E-state index in [9.17, 15) is 5.26 Å². The summed E-state index contributed by atoms with van der Waals surface area (Å²) in [5.41, 5.74) is 8.25. The summed E-state index contributed by atoms with van der Waals surface area (Å²) in [4.78, 5) is 0. The maximum atomic E-state index is 9.31. The van der Waals surface area contributed by atoms with Gasteiger partial charge in [0.25, 0.3) is 0 Å². The van der Waals surface area contributed by atoms with Crippen LogP contribution in [0.15, 0.2) is 112 Å². The zero-order chi connectivity index (χ0) is 22.6. The summed E-state index contributed by atoms with van der Waals surface area (Å²) in [5, 5.41) is 13.5. The molecule has 7 aromatic rings. The molecule has 34 heavy (non-hydrogen) atoms. The fourth-order valence-corrected chi connectivity index (χ4v) is 4.92. The SMILES string of the molecule is N#Cc1ccc2oc3c(-c4cccc(-c5cccc6c5oc5ccccc56)c4)cccc3c2c1. The van der Waals surface area contributed by atoms with Gasteiger partial charge < -0.3 is 8.83 Å². The van der Waals surface area contributed by atoms with Gasteiger partial charge in [0.15, 0.2) is 0 Å². The third-order valence-corrected chi connectivity index (χ3v) is 6.51. The molecule has 0 atom stereocenters. The number of nitriles is 1. The second-order valence-electron chi connectivity index (χ2n) is 8.47. The van der Waals surface area contributed by atoms with Gasteiger partial charge in [0.1, 0.15) is 22.3 Å². The highest BCUT2D eigenvalue weighted by atomic mass is 16.3. The molecule has 3 heteroatoms. The number of nitrogens with zero attached hydrogens (tertiary/aromatic N) is 1. The zero-order valence-electron chi connectivity index (χ0n) is 18.1. The first kappa shape index (κ1) is 18.7. The first-order valence-electron chi connectivity index (χ1n) is 11.2. The molecule has 0 bridgehead atoms. The Balaban J connectivity index is 1.44. The molecule has 0 spiro atoms. The van der Waals surface area contributed by atoms with Crippen LogP contribution >= 0.6 is 0 Å². The second kappa shape index (κ2) is 7.10. The van der Waals surface area contributed by atoms with Crippen molar-refractivity contribution in [3.05, 3.63) is 109 Å². The topological polar surface area (TPSA) is 50.1 Å². The van der Waals surface area contributed by atoms with Gasteiger partial charge in [-0.2, -0.15) is 5.26 Å². The molecule has 158 valence electrons. The molecule has 0 radical (unpaired) electrons. The van der Waals surface area contributed by atoms with Crippen LogP contribution in [0, 0.1) is 11.3 Å². The van der Waals surface area contributed by atoms with E-state index >= 15 is 0 Å². The van der Waals surface area contributed by atoms with Gasteiger partial charge in [0.05, 0.1) is 11.6 Å². The second-order valence-corrected chi connectivity index (χ2v) is 8.47. The van der Waals surface area contributed by atoms with Crippen molar-refractivity contribution in [1.82, 2.24) is 0 Å². The lowest BCUT2D eigenvalue weighted by molar-refractivity contribution is 0.670. The van der Waals surface area contributed by atoms with Crippen LogP contribution in [-0.4, -0.2) is 0 Å². The Kier molecular flexibility index (Phi) is 3.91. The molecule has 0 saturated carbocycles. The Labute approximate surface area is 195 Å². The largest absolute Gasteiger partial charge is 0.455 e. The molecule has 5 aromatic carbocycles. The summed E-state index contributed by atoms with van der Waals surface area (Å²) in [6.45, 7) is 0. The molecule has 0 amide bonds. The van der Waals surface area contributed by atoms with Crippen LogP contribution in [0.3, 0.4) is 0 Å². The maximum Gasteiger partial charge on any atom is 0.143 e. The van der Waals surface area contributed by atoms with Gasteiger partial charge in [-0.05, 0) is 41.5 Å². The fraction of sp³-hybridized carbons (Fsp3) is 0. The molecule has 0 saturated heterocycles. The van der Waals surface area contributed by atoms with Crippen LogP contribution in [0.2, 0.25) is 0 Å². The van der Waals surface area contributed by atoms with Gasteiger partial charge in [-0.3, -0.25) is 0 Å². The van der Waals surface area contributed by atoms with Crippen molar-refractivity contribution in [2.24, 2.45) is 0 Å². The Morgan fingerprint density at radius 3 is 1.79 bits per heavy atom. The van der Waals surface area contributed by atoms with E-state index in [0.29, 0.717) is 5.56 Å². The average molecular weight is 435 g/mol. The minimum Gasteiger partial charge on any atom is -0.455 e. The lowest BCUT2D eigenvalue weighted by atomic mass is 9.96. The number of furan rings is 2. The minimum absolute atomic E-state index is 0.626. The normalized spacial score (nSPS) is 11.5. The fourth-order valence-electron chi connectivity index (χ4n) is 4.92. The van der Waals surface area contributed by atoms with Crippen molar-refractivity contribution in [3.8, 4) is 28.3 Å². The van der Waals surface area contributed by atoms with Gasteiger partial charge in [-0.1, -0.05) is 72.8 Å². The molecule has 0 aliphatic rings. The molecule has 7 rings (SSSR count). The average Bonchev–Trinajstić information content (AvgIpc) is 3.46. The molecule has 0 fully saturated rings. The van der Waals surface area contributed by atoms with E-state index < -0.39 is 0 Å². The van der Waals surface area contributed by atoms with Gasteiger partial charge in [-0.25, -0.2) is 0 Å². The van der Waals surface area contributed by atoms with Crippen molar-refractivity contribution >= 4 is 43.9 Å². The zero-order valence-corrected chi connectivity index (χ0v) is 18.1. The van der Waals surface area contributed by atoms with E-state index in [1.165, 1.54) is 0 Å². The van der Waals surface area contributed by atoms with Gasteiger partial charge in [0.2, 0.25) is 0 Å². The molecule has 0 aliphatic heterocycles. The summed E-state index contributed by atoms with van der Waals surface area (Å²) in [6, 6.07) is 36.9. The van der Waals surface area contributed by atoms with E-state index in [1.807, 2.05) is 42.5 Å². The molecule has 3 nitrogen and oxygen atoms in total. The number of para-hydroxylation sites is 3. The minimum atomic E-state index is 0.626. The van der Waals surface area contributed by atoms with E-state index in [2.05, 4.69) is 60.7 Å². The monoisotopic (exact) mass is 435 g/mol. The first-order valence-corrected chi connectivity index (χ1v) is 11.2. The van der Waals surface area contributed by atoms with Crippen molar-refractivity contribution in [1.29, 1.82) is 5.26 Å². The Morgan fingerprint density at radius 2 is 1.09 bits per heavy atom. The highest BCUT2D eigenvalue weighted by Crippen LogP contribution is 2.39. The van der Waals surface area contributed by atoms with Gasteiger partial charge >= 0.3 is 0 Å². The Hall–Kier alpha value is -4.81. The number of benzene rings is 5. The van der Waals surface area contributed by atoms with E-state index in [1.54, 1.807) is 6.07 Å². The third kappa shape index (κ3) is 2.69. The van der Waals surface area contributed by atoms with Crippen LogP contribution in [0.1, 0.15) is 5.56 Å². The highest BCUT2D eigenvalue weighted by molar-refractivity contribution is 6.11. The lowest BCUT2D eigenvalue weighted by Gasteiger charge is -2.07. The molecule has 0 N–H and O–H groups in total. The first-order chi connectivity index (χ1) is 16.8. The van der Waals surface area contributed by atoms with Crippen LogP contribution in [0.5, 0.6) is 0 Å². The number of hydrogen-bond acceptors (Lipinski definition) is 3. The maximum absolute atomic E-state index is 9.31. The Bertz CT molecular complexity index is 1930. The Morgan fingerprint density at radius 1 is 0.500 bits per heavy atom. The highest BCUT2D eigenvalue weighted by Gasteiger charge is 2.15. The molecule has 0 unspecified atom stereocenters. The van der Waals surface area contributed by atoms with E-state index in [-0.39, 0.29) is 0 Å². The standard InChI is InChI=1S/C31H17NO2/c32-18-19-14-15-29-27(16-19)26-12-5-10-23(31(26)34-29)21-7-3-6-20(17-21)22-9-4-11-25-24-8-1-2-13-28(24)33-30(22)25/h1-17H. The van der Waals surface area contributed by atoms with E-state index in [0.717, 1.165) is 66.1 Å². The van der Waals surface area contributed by atoms with E-state index in [4.69, 9.17) is 8.83 Å². The van der Waals surface area contributed by atoms with Crippen LogP contribution in [0.4, 0.5) is 0 Å². The summed E-state index contributed by atoms with van der Waals surface area (Å²) in [6.07, 6.45) is 0. The van der Waals surface area contributed by atoms with Crippen molar-refractivity contribution in [2.75, 3.05) is 0 Å². The number of fused-ring (bicyclic) bond motifs is 6. The molecule has 0 aliphatic carbocycles. The summed E-state index contributed by atoms with van der Waals surface area (Å²) in [5.74, 6) is 0. The van der Waals surface area contributed by atoms with Crippen LogP contribution < -0.4 is 0 Å². The predicted octanol–water partition coefficient (Wildman–Crippen LogP) is 8.69. The summed E-state index contributed by atoms with van der Waals surface area (Å²) in [7, 11) is 0. The molecular formula is C31H17NO2. The van der Waals surface area contributed by atoms with Crippen LogP contribution in [-0.2, 0) is 0 Å². The summed E-state index contributed by atoms with van der Waals surface area (Å²) >= 11 is 0. The molecular weight excluding hydrogens is 418 g/mol. The lowest BCUT2D eigenvalue weighted by Crippen LogP contribution is -1.83.